The van der Waals surface area contributed by atoms with Crippen LogP contribution in [0.4, 0.5) is 18.9 Å². The van der Waals surface area contributed by atoms with Gasteiger partial charge in [-0.15, -0.1) is 13.2 Å². The molecule has 0 heterocycles. The van der Waals surface area contributed by atoms with E-state index in [1.807, 2.05) is 0 Å². The summed E-state index contributed by atoms with van der Waals surface area (Å²) >= 11 is 0. The number of nitrogens with one attached hydrogen (secondary N) is 2. The van der Waals surface area contributed by atoms with Crippen molar-refractivity contribution in [2.24, 2.45) is 0 Å². The number of halogens is 3. The van der Waals surface area contributed by atoms with Crippen molar-refractivity contribution in [2.45, 2.75) is 19.8 Å². The summed E-state index contributed by atoms with van der Waals surface area (Å²) in [6.45, 7) is 1.71. The maximum atomic E-state index is 12.4. The molecule has 2 rings (SSSR count). The van der Waals surface area contributed by atoms with Crippen LogP contribution in [0.2, 0.25) is 0 Å². The van der Waals surface area contributed by atoms with Gasteiger partial charge in [0, 0.05) is 19.0 Å². The summed E-state index contributed by atoms with van der Waals surface area (Å²) in [7, 11) is 0. The molecule has 0 spiro atoms. The van der Waals surface area contributed by atoms with Gasteiger partial charge in [-0.1, -0.05) is 24.3 Å². The van der Waals surface area contributed by atoms with E-state index < -0.39 is 18.0 Å². The monoisotopic (exact) mass is 352 g/mol. The third kappa shape index (κ3) is 5.83. The summed E-state index contributed by atoms with van der Waals surface area (Å²) in [6.07, 6.45) is -4.85. The Balaban J connectivity index is 2.08. The van der Waals surface area contributed by atoms with Crippen LogP contribution in [0.5, 0.6) is 5.75 Å². The first-order valence-electron chi connectivity index (χ1n) is 7.24. The molecule has 0 fully saturated rings. The fourth-order valence-corrected chi connectivity index (χ4v) is 1.98. The fraction of sp³-hybridized carbons (Fsp3) is 0.176. The average molecular weight is 352 g/mol. The Labute approximate surface area is 141 Å². The van der Waals surface area contributed by atoms with E-state index in [0.717, 1.165) is 11.6 Å². The van der Waals surface area contributed by atoms with Crippen LogP contribution in [0.1, 0.15) is 22.8 Å². The molecule has 0 radical (unpaired) electrons. The van der Waals surface area contributed by atoms with Crippen LogP contribution in [0.15, 0.2) is 48.5 Å². The first-order chi connectivity index (χ1) is 11.7. The number of alkyl halides is 3. The van der Waals surface area contributed by atoms with Crippen molar-refractivity contribution in [2.75, 3.05) is 5.32 Å². The number of carbonyl (C=O) groups is 2. The minimum atomic E-state index is -4.85. The van der Waals surface area contributed by atoms with E-state index in [-0.39, 0.29) is 17.2 Å². The van der Waals surface area contributed by atoms with E-state index in [0.29, 0.717) is 6.54 Å². The smallest absolute Gasteiger partial charge is 0.404 e. The zero-order chi connectivity index (χ0) is 18.4. The molecule has 0 atom stereocenters. The van der Waals surface area contributed by atoms with Crippen LogP contribution >= 0.6 is 0 Å². The molecular weight excluding hydrogens is 337 g/mol. The molecule has 0 bridgehead atoms. The molecule has 5 nitrogen and oxygen atoms in total. The van der Waals surface area contributed by atoms with Crippen LogP contribution in [0.3, 0.4) is 0 Å². The maximum Gasteiger partial charge on any atom is 0.573 e. The Hall–Kier alpha value is -3.03. The zero-order valence-electron chi connectivity index (χ0n) is 13.2. The van der Waals surface area contributed by atoms with Gasteiger partial charge in [0.25, 0.3) is 5.91 Å². The van der Waals surface area contributed by atoms with E-state index >= 15 is 0 Å². The lowest BCUT2D eigenvalue weighted by atomic mass is 10.1. The second-order valence-corrected chi connectivity index (χ2v) is 5.10. The van der Waals surface area contributed by atoms with Gasteiger partial charge in [-0.3, -0.25) is 9.59 Å². The van der Waals surface area contributed by atoms with Crippen LogP contribution < -0.4 is 15.4 Å². The Morgan fingerprint density at radius 3 is 2.28 bits per heavy atom. The van der Waals surface area contributed by atoms with Gasteiger partial charge in [0.1, 0.15) is 0 Å². The molecule has 0 unspecified atom stereocenters. The summed E-state index contributed by atoms with van der Waals surface area (Å²) in [5, 5.41) is 5.00. The molecule has 0 aliphatic heterocycles. The van der Waals surface area contributed by atoms with Crippen molar-refractivity contribution in [3.05, 3.63) is 59.7 Å². The van der Waals surface area contributed by atoms with Crippen molar-refractivity contribution < 1.29 is 27.5 Å². The topological polar surface area (TPSA) is 67.4 Å². The quantitative estimate of drug-likeness (QED) is 0.866. The van der Waals surface area contributed by atoms with E-state index in [2.05, 4.69) is 15.4 Å². The number of ether oxygens (including phenoxy) is 1. The highest BCUT2D eigenvalue weighted by molar-refractivity contribution is 6.05. The predicted octanol–water partition coefficient (Wildman–Crippen LogP) is 3.47. The van der Waals surface area contributed by atoms with Crippen LogP contribution in [-0.4, -0.2) is 18.2 Å². The molecule has 0 saturated carbocycles. The lowest BCUT2D eigenvalue weighted by Crippen LogP contribution is -2.20. The maximum absolute atomic E-state index is 12.4. The summed E-state index contributed by atoms with van der Waals surface area (Å²) < 4.78 is 41.1. The van der Waals surface area contributed by atoms with Gasteiger partial charge < -0.3 is 15.4 Å². The number of rotatable bonds is 5. The molecule has 2 N–H and O–H groups in total. The highest BCUT2D eigenvalue weighted by Crippen LogP contribution is 2.30. The van der Waals surface area contributed by atoms with Gasteiger partial charge in [0.15, 0.2) is 5.75 Å². The summed E-state index contributed by atoms with van der Waals surface area (Å²) in [4.78, 5) is 23.1. The van der Waals surface area contributed by atoms with E-state index in [4.69, 9.17) is 0 Å². The first-order valence-corrected chi connectivity index (χ1v) is 7.24. The molecule has 132 valence electrons. The normalized spacial score (nSPS) is 10.9. The number of amides is 2. The third-order valence-electron chi connectivity index (χ3n) is 3.12. The van der Waals surface area contributed by atoms with Crippen molar-refractivity contribution in [3.63, 3.8) is 0 Å². The molecule has 0 saturated heterocycles. The minimum Gasteiger partial charge on any atom is -0.404 e. The van der Waals surface area contributed by atoms with Crippen molar-refractivity contribution in [1.29, 1.82) is 0 Å². The Morgan fingerprint density at radius 1 is 1.04 bits per heavy atom. The van der Waals surface area contributed by atoms with Crippen molar-refractivity contribution >= 4 is 17.5 Å². The summed E-state index contributed by atoms with van der Waals surface area (Å²) in [5.41, 5.74) is 0.952. The fourth-order valence-electron chi connectivity index (χ4n) is 1.98. The number of hydrogen-bond acceptors (Lipinski definition) is 3. The number of benzene rings is 2. The van der Waals surface area contributed by atoms with Crippen molar-refractivity contribution in [1.82, 2.24) is 5.32 Å². The molecular formula is C17H15F3N2O3. The van der Waals surface area contributed by atoms with Gasteiger partial charge >= 0.3 is 6.36 Å². The largest absolute Gasteiger partial charge is 0.573 e. The van der Waals surface area contributed by atoms with Gasteiger partial charge in [0.2, 0.25) is 5.91 Å². The van der Waals surface area contributed by atoms with Gasteiger partial charge in [-0.05, 0) is 29.8 Å². The lowest BCUT2D eigenvalue weighted by Gasteiger charge is -2.14. The van der Waals surface area contributed by atoms with E-state index in [1.165, 1.54) is 37.3 Å². The first kappa shape index (κ1) is 18.3. The average Bonchev–Trinajstić information content (AvgIpc) is 2.54. The van der Waals surface area contributed by atoms with E-state index in [9.17, 15) is 22.8 Å². The summed E-state index contributed by atoms with van der Waals surface area (Å²) in [6, 6.07) is 11.6. The van der Waals surface area contributed by atoms with Crippen LogP contribution in [0, 0.1) is 0 Å². The van der Waals surface area contributed by atoms with Gasteiger partial charge in [0.05, 0.1) is 5.69 Å². The SMILES string of the molecule is CC(=O)NCc1ccc(C(=O)Nc2ccccc2OC(F)(F)F)cc1. The third-order valence-corrected chi connectivity index (χ3v) is 3.12. The highest BCUT2D eigenvalue weighted by atomic mass is 19.4. The Kier molecular flexibility index (Phi) is 5.63. The number of carbonyl (C=O) groups excluding carboxylic acids is 2. The van der Waals surface area contributed by atoms with Crippen LogP contribution in [-0.2, 0) is 11.3 Å². The molecule has 2 aromatic carbocycles. The molecule has 2 aromatic rings. The lowest BCUT2D eigenvalue weighted by molar-refractivity contribution is -0.274. The minimum absolute atomic E-state index is 0.0906. The Morgan fingerprint density at radius 2 is 1.68 bits per heavy atom. The number of anilines is 1. The van der Waals surface area contributed by atoms with E-state index in [1.54, 1.807) is 12.1 Å². The second-order valence-electron chi connectivity index (χ2n) is 5.10. The van der Waals surface area contributed by atoms with Gasteiger partial charge in [-0.2, -0.15) is 0 Å². The molecule has 0 aliphatic carbocycles. The molecule has 25 heavy (non-hydrogen) atoms. The molecule has 0 aromatic heterocycles. The van der Waals surface area contributed by atoms with Gasteiger partial charge in [-0.25, -0.2) is 0 Å². The number of hydrogen-bond donors (Lipinski definition) is 2. The zero-order valence-corrected chi connectivity index (χ0v) is 13.2. The molecule has 2 amide bonds. The molecule has 8 heteroatoms. The molecule has 0 aliphatic rings. The highest BCUT2D eigenvalue weighted by Gasteiger charge is 2.32. The summed E-state index contributed by atoms with van der Waals surface area (Å²) in [5.74, 6) is -1.25. The second kappa shape index (κ2) is 7.69. The standard InChI is InChI=1S/C17H15F3N2O3/c1-11(23)21-10-12-6-8-13(9-7-12)16(24)22-14-4-2-3-5-15(14)25-17(18,19)20/h2-9H,10H2,1H3,(H,21,23)(H,22,24). The van der Waals surface area contributed by atoms with Crippen LogP contribution in [0.25, 0.3) is 0 Å². The van der Waals surface area contributed by atoms with Crippen molar-refractivity contribution in [3.8, 4) is 5.75 Å². The number of para-hydroxylation sites is 2. The predicted molar refractivity (Wildman–Crippen MR) is 85.0 cm³/mol. The Bertz CT molecular complexity index is 758.